The van der Waals surface area contributed by atoms with Crippen LogP contribution >= 0.6 is 11.8 Å². The molecule has 0 spiro atoms. The van der Waals surface area contributed by atoms with E-state index in [0.29, 0.717) is 4.90 Å². The van der Waals surface area contributed by atoms with E-state index < -0.39 is 11.7 Å². The maximum Gasteiger partial charge on any atom is 0.416 e. The molecule has 0 atom stereocenters. The van der Waals surface area contributed by atoms with E-state index in [1.165, 1.54) is 23.9 Å². The molecule has 0 unspecified atom stereocenters. The van der Waals surface area contributed by atoms with E-state index in [-0.39, 0.29) is 0 Å². The molecule has 0 aliphatic heterocycles. The second-order valence-electron chi connectivity index (χ2n) is 3.94. The molecule has 0 fully saturated rings. The quantitative estimate of drug-likeness (QED) is 0.724. The Labute approximate surface area is 108 Å². The maximum absolute atomic E-state index is 12.6. The molecule has 0 saturated carbocycles. The van der Waals surface area contributed by atoms with E-state index >= 15 is 0 Å². The molecule has 0 saturated heterocycles. The summed E-state index contributed by atoms with van der Waals surface area (Å²) in [5.41, 5.74) is 0.517. The molecular formula is C14H11F3S. The Morgan fingerprint density at radius 1 is 0.889 bits per heavy atom. The smallest absolute Gasteiger partial charge is 0.166 e. The average Bonchev–Trinajstić information content (AvgIpc) is 2.31. The lowest BCUT2D eigenvalue weighted by Crippen LogP contribution is -2.04. The lowest BCUT2D eigenvalue weighted by molar-refractivity contribution is -0.137. The van der Waals surface area contributed by atoms with Crippen molar-refractivity contribution in [2.75, 3.05) is 0 Å². The van der Waals surface area contributed by atoms with Gasteiger partial charge < -0.3 is 0 Å². The van der Waals surface area contributed by atoms with Gasteiger partial charge in [0.1, 0.15) is 0 Å². The van der Waals surface area contributed by atoms with Crippen LogP contribution in [0.1, 0.15) is 11.1 Å². The van der Waals surface area contributed by atoms with Crippen molar-refractivity contribution in [2.24, 2.45) is 0 Å². The largest absolute Gasteiger partial charge is 0.416 e. The van der Waals surface area contributed by atoms with Gasteiger partial charge in [0.05, 0.1) is 5.56 Å². The van der Waals surface area contributed by atoms with Gasteiger partial charge in [0.15, 0.2) is 0 Å². The van der Waals surface area contributed by atoms with E-state index in [1.54, 1.807) is 6.07 Å². The van der Waals surface area contributed by atoms with Gasteiger partial charge in [0.2, 0.25) is 0 Å². The Kier molecular flexibility index (Phi) is 3.66. The monoisotopic (exact) mass is 268 g/mol. The fourth-order valence-corrected chi connectivity index (χ4v) is 2.36. The summed E-state index contributed by atoms with van der Waals surface area (Å²) in [6, 6.07) is 13.1. The summed E-state index contributed by atoms with van der Waals surface area (Å²) < 4.78 is 37.7. The molecule has 0 heterocycles. The lowest BCUT2D eigenvalue weighted by Gasteiger charge is -2.08. The Bertz CT molecular complexity index is 529. The minimum atomic E-state index is -4.29. The van der Waals surface area contributed by atoms with Gasteiger partial charge in [-0.05, 0) is 37.3 Å². The molecule has 2 aromatic carbocycles. The van der Waals surface area contributed by atoms with Crippen molar-refractivity contribution in [3.8, 4) is 0 Å². The SMILES string of the molecule is Cc1ccc(Sc2cccc(C(F)(F)F)c2)cc1. The predicted molar refractivity (Wildman–Crippen MR) is 66.7 cm³/mol. The second kappa shape index (κ2) is 5.06. The number of hydrogen-bond acceptors (Lipinski definition) is 1. The van der Waals surface area contributed by atoms with Gasteiger partial charge in [-0.1, -0.05) is 35.5 Å². The van der Waals surface area contributed by atoms with E-state index in [9.17, 15) is 13.2 Å². The summed E-state index contributed by atoms with van der Waals surface area (Å²) in [4.78, 5) is 1.52. The third-order valence-electron chi connectivity index (χ3n) is 2.42. The number of alkyl halides is 3. The first kappa shape index (κ1) is 13.0. The summed E-state index contributed by atoms with van der Waals surface area (Å²) in [6.07, 6.45) is -4.29. The minimum absolute atomic E-state index is 0.591. The zero-order valence-corrected chi connectivity index (χ0v) is 10.5. The van der Waals surface area contributed by atoms with E-state index in [0.717, 1.165) is 16.5 Å². The van der Waals surface area contributed by atoms with Crippen molar-refractivity contribution >= 4 is 11.8 Å². The summed E-state index contributed by atoms with van der Waals surface area (Å²) >= 11 is 1.33. The van der Waals surface area contributed by atoms with Crippen LogP contribution in [0, 0.1) is 6.92 Å². The van der Waals surface area contributed by atoms with Gasteiger partial charge in [0, 0.05) is 9.79 Å². The number of rotatable bonds is 2. The van der Waals surface area contributed by atoms with Crippen LogP contribution in [0.5, 0.6) is 0 Å². The van der Waals surface area contributed by atoms with Gasteiger partial charge in [-0.25, -0.2) is 0 Å². The van der Waals surface area contributed by atoms with Gasteiger partial charge in [0.25, 0.3) is 0 Å². The van der Waals surface area contributed by atoms with Gasteiger partial charge in [-0.2, -0.15) is 13.2 Å². The van der Waals surface area contributed by atoms with Crippen molar-refractivity contribution in [2.45, 2.75) is 22.9 Å². The fraction of sp³-hybridized carbons (Fsp3) is 0.143. The van der Waals surface area contributed by atoms with Gasteiger partial charge in [-0.3, -0.25) is 0 Å². The molecule has 0 amide bonds. The van der Waals surface area contributed by atoms with Crippen molar-refractivity contribution in [1.82, 2.24) is 0 Å². The zero-order valence-electron chi connectivity index (χ0n) is 9.66. The molecule has 0 nitrogen and oxygen atoms in total. The molecular weight excluding hydrogens is 257 g/mol. The Hall–Kier alpha value is -1.42. The number of hydrogen-bond donors (Lipinski definition) is 0. The Morgan fingerprint density at radius 3 is 2.17 bits per heavy atom. The molecule has 2 rings (SSSR count). The molecule has 2 aromatic rings. The lowest BCUT2D eigenvalue weighted by atomic mass is 10.2. The van der Waals surface area contributed by atoms with Crippen LogP contribution in [0.15, 0.2) is 58.3 Å². The fourth-order valence-electron chi connectivity index (χ4n) is 1.48. The van der Waals surface area contributed by atoms with Crippen molar-refractivity contribution in [3.63, 3.8) is 0 Å². The molecule has 0 aromatic heterocycles. The molecule has 0 radical (unpaired) electrons. The highest BCUT2D eigenvalue weighted by Crippen LogP contribution is 2.34. The van der Waals surface area contributed by atoms with Crippen molar-refractivity contribution < 1.29 is 13.2 Å². The van der Waals surface area contributed by atoms with Crippen LogP contribution in [0.4, 0.5) is 13.2 Å². The first-order chi connectivity index (χ1) is 8.45. The Balaban J connectivity index is 2.22. The van der Waals surface area contributed by atoms with Crippen LogP contribution < -0.4 is 0 Å². The highest BCUT2D eigenvalue weighted by atomic mass is 32.2. The summed E-state index contributed by atoms with van der Waals surface area (Å²) in [5, 5.41) is 0. The normalized spacial score (nSPS) is 11.6. The summed E-state index contributed by atoms with van der Waals surface area (Å²) in [5.74, 6) is 0. The second-order valence-corrected chi connectivity index (χ2v) is 5.09. The topological polar surface area (TPSA) is 0 Å². The number of halogens is 3. The van der Waals surface area contributed by atoms with Crippen LogP contribution in [0.3, 0.4) is 0 Å². The molecule has 0 aliphatic carbocycles. The third kappa shape index (κ3) is 3.29. The molecule has 94 valence electrons. The van der Waals surface area contributed by atoms with Gasteiger partial charge >= 0.3 is 6.18 Å². The van der Waals surface area contributed by atoms with Gasteiger partial charge in [-0.15, -0.1) is 0 Å². The average molecular weight is 268 g/mol. The van der Waals surface area contributed by atoms with E-state index in [1.807, 2.05) is 31.2 Å². The molecule has 0 bridgehead atoms. The third-order valence-corrected chi connectivity index (χ3v) is 3.42. The van der Waals surface area contributed by atoms with E-state index in [2.05, 4.69) is 0 Å². The molecule has 18 heavy (non-hydrogen) atoms. The first-order valence-electron chi connectivity index (χ1n) is 5.37. The molecule has 4 heteroatoms. The molecule has 0 aliphatic rings. The van der Waals surface area contributed by atoms with Crippen molar-refractivity contribution in [1.29, 1.82) is 0 Å². The summed E-state index contributed by atoms with van der Waals surface area (Å²) in [6.45, 7) is 1.97. The minimum Gasteiger partial charge on any atom is -0.166 e. The zero-order chi connectivity index (χ0) is 13.2. The van der Waals surface area contributed by atoms with Crippen LogP contribution in [-0.2, 0) is 6.18 Å². The number of benzene rings is 2. The predicted octanol–water partition coefficient (Wildman–Crippen LogP) is 5.17. The van der Waals surface area contributed by atoms with E-state index in [4.69, 9.17) is 0 Å². The standard InChI is InChI=1S/C14H11F3S/c1-10-5-7-12(8-6-10)18-13-4-2-3-11(9-13)14(15,16)17/h2-9H,1H3. The van der Waals surface area contributed by atoms with Crippen LogP contribution in [0.2, 0.25) is 0 Å². The van der Waals surface area contributed by atoms with Crippen LogP contribution in [0.25, 0.3) is 0 Å². The maximum atomic E-state index is 12.6. The molecule has 0 N–H and O–H groups in total. The highest BCUT2D eigenvalue weighted by Gasteiger charge is 2.30. The number of aryl methyl sites for hydroxylation is 1. The highest BCUT2D eigenvalue weighted by molar-refractivity contribution is 7.99. The summed E-state index contributed by atoms with van der Waals surface area (Å²) in [7, 11) is 0. The first-order valence-corrected chi connectivity index (χ1v) is 6.18. The van der Waals surface area contributed by atoms with Crippen LogP contribution in [-0.4, -0.2) is 0 Å². The van der Waals surface area contributed by atoms with Crippen molar-refractivity contribution in [3.05, 3.63) is 59.7 Å². The Morgan fingerprint density at radius 2 is 1.56 bits per heavy atom.